The molecule has 0 atom stereocenters. The molecule has 1 heterocycles. The highest BCUT2D eigenvalue weighted by Crippen LogP contribution is 2.02. The first-order chi connectivity index (χ1) is 11.3. The van der Waals surface area contributed by atoms with Gasteiger partial charge in [0.05, 0.1) is 46.2 Å². The number of carbonyl (C=O) groups is 2. The van der Waals surface area contributed by atoms with Crippen molar-refractivity contribution >= 4 is 11.8 Å². The molecule has 1 aliphatic rings. The number of rotatable bonds is 11. The number of ether oxygens (including phenoxy) is 3. The van der Waals surface area contributed by atoms with E-state index in [4.69, 9.17) is 14.2 Å². The highest BCUT2D eigenvalue weighted by atomic mass is 16.5. The van der Waals surface area contributed by atoms with Crippen molar-refractivity contribution < 1.29 is 23.8 Å². The van der Waals surface area contributed by atoms with Gasteiger partial charge in [-0.1, -0.05) is 30.3 Å². The van der Waals surface area contributed by atoms with E-state index < -0.39 is 0 Å². The SMILES string of the molecule is O=C1C=CC(=O)N1CCOCCOCCOCc1ccccc1. The third kappa shape index (κ3) is 6.32. The molecule has 0 radical (unpaired) electrons. The summed E-state index contributed by atoms with van der Waals surface area (Å²) >= 11 is 0. The van der Waals surface area contributed by atoms with Gasteiger partial charge in [0.1, 0.15) is 0 Å². The highest BCUT2D eigenvalue weighted by molar-refractivity contribution is 6.12. The lowest BCUT2D eigenvalue weighted by molar-refractivity contribution is -0.137. The molecule has 1 aliphatic heterocycles. The number of imide groups is 1. The summed E-state index contributed by atoms with van der Waals surface area (Å²) in [6, 6.07) is 9.95. The Bertz CT molecular complexity index is 511. The first-order valence-corrected chi connectivity index (χ1v) is 7.58. The molecule has 6 heteroatoms. The summed E-state index contributed by atoms with van der Waals surface area (Å²) in [4.78, 5) is 23.7. The monoisotopic (exact) mass is 319 g/mol. The molecule has 0 fully saturated rings. The van der Waals surface area contributed by atoms with Gasteiger partial charge >= 0.3 is 0 Å². The van der Waals surface area contributed by atoms with E-state index in [0.717, 1.165) is 10.5 Å². The molecule has 0 spiro atoms. The average Bonchev–Trinajstić information content (AvgIpc) is 2.89. The lowest BCUT2D eigenvalue weighted by Gasteiger charge is -2.13. The van der Waals surface area contributed by atoms with Crippen LogP contribution in [0.1, 0.15) is 5.56 Å². The zero-order chi connectivity index (χ0) is 16.3. The van der Waals surface area contributed by atoms with Crippen molar-refractivity contribution in [2.45, 2.75) is 6.61 Å². The van der Waals surface area contributed by atoms with Crippen LogP contribution in [0.3, 0.4) is 0 Å². The van der Waals surface area contributed by atoms with Gasteiger partial charge in [-0.2, -0.15) is 0 Å². The molecular weight excluding hydrogens is 298 g/mol. The van der Waals surface area contributed by atoms with E-state index in [-0.39, 0.29) is 18.4 Å². The van der Waals surface area contributed by atoms with E-state index in [1.54, 1.807) is 0 Å². The second-order valence-corrected chi connectivity index (χ2v) is 4.92. The molecule has 124 valence electrons. The van der Waals surface area contributed by atoms with Gasteiger partial charge in [0.15, 0.2) is 0 Å². The van der Waals surface area contributed by atoms with E-state index in [1.165, 1.54) is 12.2 Å². The summed E-state index contributed by atoms with van der Waals surface area (Å²) in [5.74, 6) is -0.573. The van der Waals surface area contributed by atoms with Gasteiger partial charge in [-0.3, -0.25) is 14.5 Å². The first kappa shape index (κ1) is 17.3. The molecule has 0 saturated heterocycles. The molecule has 1 aromatic rings. The zero-order valence-electron chi connectivity index (χ0n) is 13.0. The molecule has 0 bridgehead atoms. The molecule has 2 rings (SSSR count). The number of hydrogen-bond acceptors (Lipinski definition) is 5. The Labute approximate surface area is 135 Å². The Kier molecular flexibility index (Phi) is 7.45. The van der Waals surface area contributed by atoms with Crippen LogP contribution in [0.2, 0.25) is 0 Å². The topological polar surface area (TPSA) is 65.1 Å². The van der Waals surface area contributed by atoms with Gasteiger partial charge in [-0.05, 0) is 5.56 Å². The van der Waals surface area contributed by atoms with E-state index in [1.807, 2.05) is 30.3 Å². The molecule has 0 unspecified atom stereocenters. The van der Waals surface area contributed by atoms with Crippen molar-refractivity contribution in [3.05, 3.63) is 48.0 Å². The van der Waals surface area contributed by atoms with E-state index >= 15 is 0 Å². The van der Waals surface area contributed by atoms with Crippen LogP contribution < -0.4 is 0 Å². The van der Waals surface area contributed by atoms with Crippen LogP contribution in [0.15, 0.2) is 42.5 Å². The standard InChI is InChI=1S/C17H21NO5/c19-16-6-7-17(20)18(16)8-9-21-10-11-22-12-13-23-14-15-4-2-1-3-5-15/h1-7H,8-14H2. The maximum absolute atomic E-state index is 11.3. The summed E-state index contributed by atoms with van der Waals surface area (Å²) in [6.45, 7) is 3.06. The zero-order valence-corrected chi connectivity index (χ0v) is 13.0. The van der Waals surface area contributed by atoms with Crippen LogP contribution in [0, 0.1) is 0 Å². The Morgan fingerprint density at radius 3 is 1.96 bits per heavy atom. The molecule has 2 amide bonds. The highest BCUT2D eigenvalue weighted by Gasteiger charge is 2.22. The fourth-order valence-corrected chi connectivity index (χ4v) is 2.01. The molecular formula is C17H21NO5. The fraction of sp³-hybridized carbons (Fsp3) is 0.412. The van der Waals surface area contributed by atoms with Gasteiger partial charge in [0.25, 0.3) is 11.8 Å². The lowest BCUT2D eigenvalue weighted by atomic mass is 10.2. The van der Waals surface area contributed by atoms with Gasteiger partial charge in [0.2, 0.25) is 0 Å². The van der Waals surface area contributed by atoms with Crippen LogP contribution in [0.5, 0.6) is 0 Å². The predicted molar refractivity (Wildman–Crippen MR) is 83.6 cm³/mol. The fourth-order valence-electron chi connectivity index (χ4n) is 2.01. The van der Waals surface area contributed by atoms with E-state index in [0.29, 0.717) is 39.6 Å². The minimum absolute atomic E-state index is 0.269. The van der Waals surface area contributed by atoms with E-state index in [9.17, 15) is 9.59 Å². The third-order valence-corrected chi connectivity index (χ3v) is 3.22. The predicted octanol–water partition coefficient (Wildman–Crippen LogP) is 1.16. The Morgan fingerprint density at radius 1 is 0.739 bits per heavy atom. The summed E-state index contributed by atoms with van der Waals surface area (Å²) < 4.78 is 16.2. The minimum Gasteiger partial charge on any atom is -0.377 e. The molecule has 6 nitrogen and oxygen atoms in total. The molecule has 1 aromatic carbocycles. The van der Waals surface area contributed by atoms with Crippen molar-refractivity contribution in [2.75, 3.05) is 39.6 Å². The smallest absolute Gasteiger partial charge is 0.253 e. The third-order valence-electron chi connectivity index (χ3n) is 3.22. The van der Waals surface area contributed by atoms with Gasteiger partial charge < -0.3 is 14.2 Å². The number of nitrogens with zero attached hydrogens (tertiary/aromatic N) is 1. The Balaban J connectivity index is 1.38. The Morgan fingerprint density at radius 2 is 1.30 bits per heavy atom. The molecule has 0 saturated carbocycles. The van der Waals surface area contributed by atoms with Crippen LogP contribution >= 0.6 is 0 Å². The largest absolute Gasteiger partial charge is 0.377 e. The molecule has 0 aliphatic carbocycles. The summed E-state index contributed by atoms with van der Waals surface area (Å²) in [6.07, 6.45) is 2.53. The molecule has 23 heavy (non-hydrogen) atoms. The second-order valence-electron chi connectivity index (χ2n) is 4.92. The second kappa shape index (κ2) is 9.89. The van der Waals surface area contributed by atoms with Crippen molar-refractivity contribution in [1.29, 1.82) is 0 Å². The average molecular weight is 319 g/mol. The van der Waals surface area contributed by atoms with Crippen molar-refractivity contribution in [3.8, 4) is 0 Å². The number of amides is 2. The van der Waals surface area contributed by atoms with Crippen LogP contribution in [-0.2, 0) is 30.4 Å². The van der Waals surface area contributed by atoms with Gasteiger partial charge in [0, 0.05) is 12.2 Å². The van der Waals surface area contributed by atoms with Crippen molar-refractivity contribution in [1.82, 2.24) is 4.90 Å². The normalized spacial score (nSPS) is 14.0. The summed E-state index contributed by atoms with van der Waals surface area (Å²) in [5.41, 5.74) is 1.14. The lowest BCUT2D eigenvalue weighted by Crippen LogP contribution is -2.33. The van der Waals surface area contributed by atoms with Gasteiger partial charge in [-0.25, -0.2) is 0 Å². The molecule has 0 N–H and O–H groups in total. The van der Waals surface area contributed by atoms with E-state index in [2.05, 4.69) is 0 Å². The van der Waals surface area contributed by atoms with Crippen molar-refractivity contribution in [3.63, 3.8) is 0 Å². The number of hydrogen-bond donors (Lipinski definition) is 0. The molecule has 0 aromatic heterocycles. The van der Waals surface area contributed by atoms with Crippen LogP contribution in [0.25, 0.3) is 0 Å². The maximum Gasteiger partial charge on any atom is 0.253 e. The van der Waals surface area contributed by atoms with Gasteiger partial charge in [-0.15, -0.1) is 0 Å². The maximum atomic E-state index is 11.3. The number of carbonyl (C=O) groups excluding carboxylic acids is 2. The summed E-state index contributed by atoms with van der Waals surface area (Å²) in [7, 11) is 0. The van der Waals surface area contributed by atoms with Crippen LogP contribution in [0.4, 0.5) is 0 Å². The van der Waals surface area contributed by atoms with Crippen molar-refractivity contribution in [2.24, 2.45) is 0 Å². The quantitative estimate of drug-likeness (QED) is 0.452. The number of benzene rings is 1. The first-order valence-electron chi connectivity index (χ1n) is 7.58. The Hall–Kier alpha value is -2.02. The minimum atomic E-state index is -0.287. The summed E-state index contributed by atoms with van der Waals surface area (Å²) in [5, 5.41) is 0. The van der Waals surface area contributed by atoms with Crippen LogP contribution in [-0.4, -0.2) is 56.3 Å².